The van der Waals surface area contributed by atoms with Gasteiger partial charge in [0.25, 0.3) is 0 Å². The van der Waals surface area contributed by atoms with Crippen LogP contribution < -0.4 is 9.80 Å². The fraction of sp³-hybridized carbons (Fsp3) is 0.0333. The predicted molar refractivity (Wildman–Crippen MR) is 263 cm³/mol. The Balaban J connectivity index is 0.856. The van der Waals surface area contributed by atoms with Gasteiger partial charge in [-0.3, -0.25) is 0 Å². The molecular formula is C60H46N2. The van der Waals surface area contributed by atoms with E-state index in [1.165, 1.54) is 61.3 Å². The quantitative estimate of drug-likeness (QED) is 0.129. The topological polar surface area (TPSA) is 6.48 Å². The van der Waals surface area contributed by atoms with Gasteiger partial charge >= 0.3 is 0 Å². The second-order valence-corrected chi connectivity index (χ2v) is 15.7. The van der Waals surface area contributed by atoms with Gasteiger partial charge in [-0.25, -0.2) is 0 Å². The Morgan fingerprint density at radius 1 is 0.258 bits per heavy atom. The van der Waals surface area contributed by atoms with E-state index in [1.54, 1.807) is 0 Å². The molecule has 0 aliphatic heterocycles. The van der Waals surface area contributed by atoms with Gasteiger partial charge in [0, 0.05) is 34.1 Å². The van der Waals surface area contributed by atoms with E-state index in [0.29, 0.717) is 0 Å². The van der Waals surface area contributed by atoms with Crippen LogP contribution in [-0.2, 0) is 0 Å². The molecule has 10 rings (SSSR count). The number of hydrogen-bond donors (Lipinski definition) is 0. The Morgan fingerprint density at radius 3 is 1.08 bits per heavy atom. The molecule has 0 spiro atoms. The van der Waals surface area contributed by atoms with Gasteiger partial charge in [-0.2, -0.15) is 0 Å². The van der Waals surface area contributed by atoms with E-state index in [-0.39, 0.29) is 0 Å². The van der Waals surface area contributed by atoms with Gasteiger partial charge in [0.2, 0.25) is 0 Å². The number of rotatable bonds is 11. The first-order valence-electron chi connectivity index (χ1n) is 21.5. The molecule has 0 amide bonds. The fourth-order valence-electron chi connectivity index (χ4n) is 8.54. The van der Waals surface area contributed by atoms with Crippen molar-refractivity contribution in [2.45, 2.75) is 12.8 Å². The molecule has 0 heterocycles. The van der Waals surface area contributed by atoms with Gasteiger partial charge in [0.15, 0.2) is 0 Å². The highest BCUT2D eigenvalue weighted by atomic mass is 15.1. The van der Waals surface area contributed by atoms with Crippen LogP contribution in [0.1, 0.15) is 18.4 Å². The number of anilines is 5. The molecule has 0 saturated heterocycles. The van der Waals surface area contributed by atoms with Gasteiger partial charge in [-0.05, 0) is 135 Å². The molecule has 1 aliphatic carbocycles. The monoisotopic (exact) mass is 794 g/mol. The summed E-state index contributed by atoms with van der Waals surface area (Å²) in [4.78, 5) is 4.70. The third-order valence-electron chi connectivity index (χ3n) is 11.8. The van der Waals surface area contributed by atoms with Crippen molar-refractivity contribution in [1.82, 2.24) is 0 Å². The summed E-state index contributed by atoms with van der Waals surface area (Å²) in [6.07, 6.45) is 6.78. The molecular weight excluding hydrogens is 749 g/mol. The van der Waals surface area contributed by atoms with Crippen molar-refractivity contribution in [2.24, 2.45) is 0 Å². The normalized spacial score (nSPS) is 12.3. The van der Waals surface area contributed by atoms with Crippen LogP contribution in [0.4, 0.5) is 28.4 Å². The fourth-order valence-corrected chi connectivity index (χ4v) is 8.54. The molecule has 9 aromatic rings. The summed E-state index contributed by atoms with van der Waals surface area (Å²) in [6, 6.07) is 87.1. The first kappa shape index (κ1) is 38.3. The second-order valence-electron chi connectivity index (χ2n) is 15.7. The van der Waals surface area contributed by atoms with E-state index in [0.717, 1.165) is 41.3 Å². The van der Waals surface area contributed by atoms with Crippen molar-refractivity contribution in [3.8, 4) is 44.5 Å². The number of allylic oxidation sites excluding steroid dienone is 3. The predicted octanol–water partition coefficient (Wildman–Crippen LogP) is 16.7. The standard InChI is InChI=1S/C60H46N2/c1-5-15-45(16-6-1)53-19-13-25-59(43-53)61(55-21-9-3-10-22-55)57-39-35-51(36-40-57)49-31-27-47(28-32-49)48-29-33-50(34-30-48)52-37-41-58(42-38-52)62(56-23-11-4-12-24-56)60-26-14-20-54(44-60)46-17-7-2-8-18-46/h1-13,15-19,21-44H,14,20H2. The second kappa shape index (κ2) is 17.7. The zero-order chi connectivity index (χ0) is 41.5. The van der Waals surface area contributed by atoms with Gasteiger partial charge in [0.05, 0.1) is 0 Å². The van der Waals surface area contributed by atoms with Gasteiger partial charge in [-0.1, -0.05) is 188 Å². The van der Waals surface area contributed by atoms with Crippen LogP contribution >= 0.6 is 0 Å². The summed E-state index contributed by atoms with van der Waals surface area (Å²) in [6.45, 7) is 0. The van der Waals surface area contributed by atoms with E-state index in [1.807, 2.05) is 0 Å². The van der Waals surface area contributed by atoms with Crippen LogP contribution in [0.2, 0.25) is 0 Å². The van der Waals surface area contributed by atoms with E-state index in [2.05, 4.69) is 265 Å². The lowest BCUT2D eigenvalue weighted by molar-refractivity contribution is 1.01. The van der Waals surface area contributed by atoms with Gasteiger partial charge in [-0.15, -0.1) is 0 Å². The zero-order valence-electron chi connectivity index (χ0n) is 34.6. The molecule has 1 aliphatic rings. The average molecular weight is 795 g/mol. The van der Waals surface area contributed by atoms with Crippen LogP contribution in [0, 0.1) is 0 Å². The Bertz CT molecular complexity index is 2940. The van der Waals surface area contributed by atoms with Crippen molar-refractivity contribution >= 4 is 34.0 Å². The smallest absolute Gasteiger partial charge is 0.0467 e. The summed E-state index contributed by atoms with van der Waals surface area (Å²) in [5, 5.41) is 0. The first-order chi connectivity index (χ1) is 30.7. The largest absolute Gasteiger partial charge is 0.311 e. The Morgan fingerprint density at radius 2 is 0.597 bits per heavy atom. The lowest BCUT2D eigenvalue weighted by Gasteiger charge is -2.29. The summed E-state index contributed by atoms with van der Waals surface area (Å²) < 4.78 is 0. The van der Waals surface area contributed by atoms with Crippen molar-refractivity contribution in [2.75, 3.05) is 9.80 Å². The molecule has 2 heteroatoms. The summed E-state index contributed by atoms with van der Waals surface area (Å²) in [5.74, 6) is 0. The zero-order valence-corrected chi connectivity index (χ0v) is 34.6. The van der Waals surface area contributed by atoms with Crippen LogP contribution in [0.25, 0.3) is 50.1 Å². The third-order valence-corrected chi connectivity index (χ3v) is 11.8. The van der Waals surface area contributed by atoms with E-state index >= 15 is 0 Å². The molecule has 0 bridgehead atoms. The van der Waals surface area contributed by atoms with E-state index in [4.69, 9.17) is 0 Å². The minimum atomic E-state index is 1.01. The minimum Gasteiger partial charge on any atom is -0.311 e. The molecule has 0 N–H and O–H groups in total. The molecule has 2 nitrogen and oxygen atoms in total. The lowest BCUT2D eigenvalue weighted by Crippen LogP contribution is -2.16. The highest BCUT2D eigenvalue weighted by Gasteiger charge is 2.18. The number of para-hydroxylation sites is 2. The van der Waals surface area contributed by atoms with Crippen LogP contribution in [-0.4, -0.2) is 0 Å². The van der Waals surface area contributed by atoms with Crippen LogP contribution in [0.5, 0.6) is 0 Å². The molecule has 0 atom stereocenters. The van der Waals surface area contributed by atoms with Crippen molar-refractivity contribution in [1.29, 1.82) is 0 Å². The Hall–Kier alpha value is -7.94. The average Bonchev–Trinajstić information content (AvgIpc) is 3.36. The van der Waals surface area contributed by atoms with Crippen molar-refractivity contribution in [3.05, 3.63) is 266 Å². The molecule has 296 valence electrons. The maximum atomic E-state index is 2.37. The third kappa shape index (κ3) is 8.28. The van der Waals surface area contributed by atoms with Crippen LogP contribution in [0.15, 0.2) is 261 Å². The van der Waals surface area contributed by atoms with Gasteiger partial charge in [0.1, 0.15) is 0 Å². The minimum absolute atomic E-state index is 1.01. The number of nitrogens with zero attached hydrogens (tertiary/aromatic N) is 2. The highest BCUT2D eigenvalue weighted by Crippen LogP contribution is 2.39. The van der Waals surface area contributed by atoms with E-state index < -0.39 is 0 Å². The molecule has 62 heavy (non-hydrogen) atoms. The summed E-state index contributed by atoms with van der Waals surface area (Å²) in [7, 11) is 0. The highest BCUT2D eigenvalue weighted by molar-refractivity contribution is 5.82. The van der Waals surface area contributed by atoms with Crippen LogP contribution in [0.3, 0.4) is 0 Å². The molecule has 0 saturated carbocycles. The Kier molecular flexibility index (Phi) is 10.9. The lowest BCUT2D eigenvalue weighted by atomic mass is 9.95. The van der Waals surface area contributed by atoms with Crippen molar-refractivity contribution < 1.29 is 0 Å². The summed E-state index contributed by atoms with van der Waals surface area (Å²) in [5.41, 5.74) is 19.1. The van der Waals surface area contributed by atoms with E-state index in [9.17, 15) is 0 Å². The van der Waals surface area contributed by atoms with Gasteiger partial charge < -0.3 is 9.80 Å². The van der Waals surface area contributed by atoms with Crippen molar-refractivity contribution in [3.63, 3.8) is 0 Å². The molecule has 0 fully saturated rings. The molecule has 0 aromatic heterocycles. The molecule has 0 radical (unpaired) electrons. The Labute approximate surface area is 365 Å². The SMILES string of the molecule is C1=C(c2ccccc2)CCC=C1N(c1ccccc1)c1ccc(-c2ccc(-c3ccc(-c4ccc(N(c5ccccc5)c5cccc(-c6ccccc6)c5)cc4)cc3)cc2)cc1. The first-order valence-corrected chi connectivity index (χ1v) is 21.5. The molecule has 9 aromatic carbocycles. The molecule has 0 unspecified atom stereocenters. The maximum absolute atomic E-state index is 2.37. The number of hydrogen-bond acceptors (Lipinski definition) is 2. The maximum Gasteiger partial charge on any atom is 0.0467 e. The summed E-state index contributed by atoms with van der Waals surface area (Å²) >= 11 is 0. The number of benzene rings is 9.